The van der Waals surface area contributed by atoms with Crippen LogP contribution in [0.15, 0.2) is 34.0 Å². The number of carbonyl (C=O) groups is 1. The van der Waals surface area contributed by atoms with Crippen LogP contribution in [-0.4, -0.2) is 43.2 Å². The third-order valence-corrected chi connectivity index (χ3v) is 5.63. The largest absolute Gasteiger partial charge is 0.343 e. The van der Waals surface area contributed by atoms with Crippen LogP contribution >= 0.6 is 0 Å². The first kappa shape index (κ1) is 16.7. The number of pyridine rings is 1. The van der Waals surface area contributed by atoms with E-state index in [0.717, 1.165) is 19.3 Å². The fourth-order valence-corrected chi connectivity index (χ4v) is 4.05. The molecule has 1 fully saturated rings. The number of fused-ring (bicyclic) bond motifs is 2. The van der Waals surface area contributed by atoms with Gasteiger partial charge in [0.05, 0.1) is 12.2 Å². The van der Waals surface area contributed by atoms with E-state index in [1.807, 2.05) is 11.0 Å². The first-order valence-corrected chi connectivity index (χ1v) is 8.88. The summed E-state index contributed by atoms with van der Waals surface area (Å²) >= 11 is 0. The molecule has 4 rings (SSSR count). The predicted octanol–water partition coefficient (Wildman–Crippen LogP) is 0.132. The zero-order valence-electron chi connectivity index (χ0n) is 14.7. The van der Waals surface area contributed by atoms with Crippen LogP contribution in [-0.2, 0) is 23.3 Å². The Hall–Kier alpha value is -2.77. The molecule has 0 unspecified atom stereocenters. The average molecular weight is 355 g/mol. The number of carbonyl (C=O) groups excluding carboxylic acids is 1. The van der Waals surface area contributed by atoms with E-state index in [1.54, 1.807) is 25.3 Å². The second kappa shape index (κ2) is 6.19. The van der Waals surface area contributed by atoms with E-state index in [0.29, 0.717) is 31.2 Å². The van der Waals surface area contributed by atoms with Gasteiger partial charge >= 0.3 is 11.1 Å². The van der Waals surface area contributed by atoms with Gasteiger partial charge in [-0.3, -0.25) is 23.9 Å². The molecule has 0 N–H and O–H groups in total. The van der Waals surface area contributed by atoms with Crippen molar-refractivity contribution in [1.29, 1.82) is 0 Å². The molecule has 8 heteroatoms. The normalized spacial score (nSPS) is 18.1. The molecule has 0 saturated carbocycles. The van der Waals surface area contributed by atoms with Crippen molar-refractivity contribution in [2.45, 2.75) is 44.7 Å². The minimum absolute atomic E-state index is 0.0725. The highest BCUT2D eigenvalue weighted by atomic mass is 16.2. The van der Waals surface area contributed by atoms with E-state index in [2.05, 4.69) is 10.1 Å². The Morgan fingerprint density at radius 2 is 1.85 bits per heavy atom. The van der Waals surface area contributed by atoms with Gasteiger partial charge in [0.1, 0.15) is 5.82 Å². The Bertz CT molecular complexity index is 955. The van der Waals surface area contributed by atoms with Gasteiger partial charge in [-0.25, -0.2) is 4.68 Å². The van der Waals surface area contributed by atoms with E-state index < -0.39 is 11.1 Å². The van der Waals surface area contributed by atoms with Crippen molar-refractivity contribution < 1.29 is 4.79 Å². The number of hydrogen-bond acceptors (Lipinski definition) is 5. The van der Waals surface area contributed by atoms with Crippen LogP contribution in [0.25, 0.3) is 0 Å². The molecule has 2 aliphatic rings. The van der Waals surface area contributed by atoms with Crippen LogP contribution in [0.4, 0.5) is 0 Å². The molecule has 2 aromatic rings. The molecule has 4 heterocycles. The molecule has 0 aromatic carbocycles. The molecule has 136 valence electrons. The lowest BCUT2D eigenvalue weighted by atomic mass is 9.76. The van der Waals surface area contributed by atoms with Crippen LogP contribution in [0.3, 0.4) is 0 Å². The van der Waals surface area contributed by atoms with Gasteiger partial charge in [-0.2, -0.15) is 5.10 Å². The molecule has 0 radical (unpaired) electrons. The average Bonchev–Trinajstić information content (AvgIpc) is 2.99. The number of amides is 1. The van der Waals surface area contributed by atoms with Crippen molar-refractivity contribution in [3.8, 4) is 0 Å². The Morgan fingerprint density at radius 1 is 1.12 bits per heavy atom. The lowest BCUT2D eigenvalue weighted by Crippen LogP contribution is -2.48. The minimum Gasteiger partial charge on any atom is -0.343 e. The number of rotatable bonds is 2. The van der Waals surface area contributed by atoms with Gasteiger partial charge in [-0.1, -0.05) is 6.07 Å². The summed E-state index contributed by atoms with van der Waals surface area (Å²) in [5.74, 6) is 0.754. The lowest BCUT2D eigenvalue weighted by Gasteiger charge is -2.38. The van der Waals surface area contributed by atoms with Gasteiger partial charge < -0.3 is 4.90 Å². The smallest absolute Gasteiger partial charge is 0.332 e. The Balaban J connectivity index is 1.72. The van der Waals surface area contributed by atoms with E-state index in [9.17, 15) is 14.4 Å². The molecule has 1 saturated heterocycles. The summed E-state index contributed by atoms with van der Waals surface area (Å²) in [4.78, 5) is 42.7. The van der Waals surface area contributed by atoms with E-state index in [1.165, 1.54) is 9.25 Å². The van der Waals surface area contributed by atoms with Crippen molar-refractivity contribution in [2.75, 3.05) is 13.1 Å². The third-order valence-electron chi connectivity index (χ3n) is 5.63. The maximum absolute atomic E-state index is 12.6. The number of aromatic nitrogens is 4. The van der Waals surface area contributed by atoms with Crippen molar-refractivity contribution in [3.63, 3.8) is 0 Å². The van der Waals surface area contributed by atoms with Crippen LogP contribution < -0.4 is 11.1 Å². The van der Waals surface area contributed by atoms with Crippen LogP contribution in [0.5, 0.6) is 0 Å². The van der Waals surface area contributed by atoms with E-state index in [-0.39, 0.29) is 17.9 Å². The summed E-state index contributed by atoms with van der Waals surface area (Å²) in [7, 11) is 0. The lowest BCUT2D eigenvalue weighted by molar-refractivity contribution is -0.130. The fraction of sp³-hybridized carbons (Fsp3) is 0.500. The SMILES string of the molecule is CC(=O)N1CCC2(CC1)CCn1c2nn(Cc2ccccn2)c(=O)c1=O. The number of piperidine rings is 1. The zero-order chi connectivity index (χ0) is 18.3. The summed E-state index contributed by atoms with van der Waals surface area (Å²) in [6.45, 7) is 3.59. The van der Waals surface area contributed by atoms with Crippen LogP contribution in [0.2, 0.25) is 0 Å². The zero-order valence-corrected chi connectivity index (χ0v) is 14.7. The van der Waals surface area contributed by atoms with Gasteiger partial charge in [0.25, 0.3) is 0 Å². The van der Waals surface area contributed by atoms with Gasteiger partial charge in [0.15, 0.2) is 0 Å². The fourth-order valence-electron chi connectivity index (χ4n) is 4.05. The van der Waals surface area contributed by atoms with Crippen LogP contribution in [0, 0.1) is 0 Å². The third kappa shape index (κ3) is 2.65. The Kier molecular flexibility index (Phi) is 3.97. The molecule has 2 aliphatic heterocycles. The number of nitrogens with zero attached hydrogens (tertiary/aromatic N) is 5. The monoisotopic (exact) mass is 355 g/mol. The van der Waals surface area contributed by atoms with Crippen molar-refractivity contribution >= 4 is 5.91 Å². The summed E-state index contributed by atoms with van der Waals surface area (Å²) in [6.07, 6.45) is 3.97. The standard InChI is InChI=1S/C18H21N5O3/c1-13(24)21-9-5-18(6-10-21)7-11-22-15(25)16(26)23(20-17(18)22)12-14-4-2-3-8-19-14/h2-4,8H,5-7,9-12H2,1H3. The predicted molar refractivity (Wildman–Crippen MR) is 93.9 cm³/mol. The topological polar surface area (TPSA) is 90.1 Å². The van der Waals surface area contributed by atoms with E-state index in [4.69, 9.17) is 0 Å². The molecule has 8 nitrogen and oxygen atoms in total. The second-order valence-corrected chi connectivity index (χ2v) is 7.10. The highest BCUT2D eigenvalue weighted by molar-refractivity contribution is 5.73. The minimum atomic E-state index is -0.613. The molecular formula is C18H21N5O3. The maximum Gasteiger partial charge on any atom is 0.332 e. The van der Waals surface area contributed by atoms with Gasteiger partial charge in [-0.15, -0.1) is 0 Å². The van der Waals surface area contributed by atoms with Gasteiger partial charge in [-0.05, 0) is 31.4 Å². The summed E-state index contributed by atoms with van der Waals surface area (Å²) in [5, 5.41) is 4.58. The second-order valence-electron chi connectivity index (χ2n) is 7.10. The maximum atomic E-state index is 12.6. The molecular weight excluding hydrogens is 334 g/mol. The first-order chi connectivity index (χ1) is 12.5. The highest BCUT2D eigenvalue weighted by Crippen LogP contribution is 2.41. The van der Waals surface area contributed by atoms with Gasteiger partial charge in [0, 0.05) is 38.2 Å². The van der Waals surface area contributed by atoms with Crippen molar-refractivity contribution in [3.05, 3.63) is 56.6 Å². The molecule has 0 aliphatic carbocycles. The highest BCUT2D eigenvalue weighted by Gasteiger charge is 2.44. The summed E-state index contributed by atoms with van der Waals surface area (Å²) in [6, 6.07) is 5.45. The van der Waals surface area contributed by atoms with Crippen molar-refractivity contribution in [1.82, 2.24) is 24.2 Å². The number of likely N-dealkylation sites (tertiary alicyclic amines) is 1. The number of hydrogen-bond donors (Lipinski definition) is 0. The molecule has 1 amide bonds. The molecule has 0 bridgehead atoms. The summed E-state index contributed by atoms with van der Waals surface area (Å²) in [5.41, 5.74) is -0.677. The summed E-state index contributed by atoms with van der Waals surface area (Å²) < 4.78 is 2.77. The van der Waals surface area contributed by atoms with E-state index >= 15 is 0 Å². The molecule has 1 spiro atoms. The first-order valence-electron chi connectivity index (χ1n) is 8.88. The Labute approximate surface area is 150 Å². The van der Waals surface area contributed by atoms with Crippen molar-refractivity contribution in [2.24, 2.45) is 0 Å². The van der Waals surface area contributed by atoms with Crippen LogP contribution in [0.1, 0.15) is 37.7 Å². The molecule has 0 atom stereocenters. The molecule has 2 aromatic heterocycles. The quantitative estimate of drug-likeness (QED) is 0.715. The molecule has 26 heavy (non-hydrogen) atoms. The van der Waals surface area contributed by atoms with Gasteiger partial charge in [0.2, 0.25) is 5.91 Å². The Morgan fingerprint density at radius 3 is 2.50 bits per heavy atom.